The van der Waals surface area contributed by atoms with E-state index in [0.717, 1.165) is 36.0 Å². The van der Waals surface area contributed by atoms with E-state index in [4.69, 9.17) is 23.5 Å². The lowest BCUT2D eigenvalue weighted by atomic mass is 10.1. The number of aromatic nitrogens is 2. The lowest BCUT2D eigenvalue weighted by Gasteiger charge is -2.36. The molecule has 3 aliphatic heterocycles. The summed E-state index contributed by atoms with van der Waals surface area (Å²) < 4.78 is 36.9. The zero-order chi connectivity index (χ0) is 36.0. The quantitative estimate of drug-likeness (QED) is 0.218. The molecule has 1 unspecified atom stereocenters. The first kappa shape index (κ1) is 36.3. The first-order chi connectivity index (χ1) is 24.7. The Bertz CT molecular complexity index is 1770. The van der Waals surface area contributed by atoms with Gasteiger partial charge in [0.15, 0.2) is 5.82 Å². The smallest absolute Gasteiger partial charge is 0.409 e. The van der Waals surface area contributed by atoms with E-state index < -0.39 is 37.7 Å². The molecule has 1 N–H and O–H groups in total. The number of para-hydroxylation sites is 1. The molecule has 14 nitrogen and oxygen atoms in total. The maximum atomic E-state index is 14.2. The largest absolute Gasteiger partial charge is 0.449 e. The normalized spacial score (nSPS) is 20.7. The number of unbranched alkanes of at least 4 members (excludes halogenated alkanes) is 1. The minimum atomic E-state index is -3.92. The lowest BCUT2D eigenvalue weighted by molar-refractivity contribution is -0.134. The third-order valence-corrected chi connectivity index (χ3v) is 11.1. The Morgan fingerprint density at radius 2 is 1.78 bits per heavy atom. The number of nitrogens with zero attached hydrogens (tertiary/aromatic N) is 5. The summed E-state index contributed by atoms with van der Waals surface area (Å²) in [6.45, 7) is 6.42. The van der Waals surface area contributed by atoms with Crippen LogP contribution in [0, 0.1) is 6.92 Å². The molecular formula is C36H45N6O8P. The summed E-state index contributed by atoms with van der Waals surface area (Å²) in [7, 11) is -2.25. The Kier molecular flexibility index (Phi) is 11.5. The van der Waals surface area contributed by atoms with Crippen molar-refractivity contribution >= 4 is 31.3 Å². The standard InChI is InChI=1S/C36H45N6O8P/c1-4-5-20-48-36(45)41-18-16-40(17-19-41)35(44)30(24-51(46)49-23-27-13-9-10-25(2)32(27)50-51)38-34(43)29-21-31(42-15-14-28(22-42)47-3)39-33(37-29)26-11-7-6-8-12-26/h6-13,21,28,30H,4-5,14-20,22-24H2,1-3H3,(H,38,43)/t28-,30-,51?/m0/s1. The number of ether oxygens (including phenoxy) is 2. The Balaban J connectivity index is 1.26. The highest BCUT2D eigenvalue weighted by Crippen LogP contribution is 2.54. The fourth-order valence-electron chi connectivity index (χ4n) is 6.30. The number of methoxy groups -OCH3 is 1. The molecular weight excluding hydrogens is 675 g/mol. The van der Waals surface area contributed by atoms with Gasteiger partial charge in [-0.15, -0.1) is 0 Å². The van der Waals surface area contributed by atoms with Crippen molar-refractivity contribution in [1.29, 1.82) is 0 Å². The molecule has 2 fully saturated rings. The van der Waals surface area contributed by atoms with E-state index >= 15 is 0 Å². The van der Waals surface area contributed by atoms with Crippen LogP contribution in [0.2, 0.25) is 0 Å². The molecule has 3 amide bonds. The second-order valence-corrected chi connectivity index (χ2v) is 14.9. The molecule has 6 rings (SSSR count). The van der Waals surface area contributed by atoms with Gasteiger partial charge >= 0.3 is 13.7 Å². The number of carbonyl (C=O) groups is 3. The van der Waals surface area contributed by atoms with Gasteiger partial charge in [-0.05, 0) is 25.3 Å². The maximum absolute atomic E-state index is 14.2. The van der Waals surface area contributed by atoms with Crippen LogP contribution in [0.4, 0.5) is 10.6 Å². The molecule has 0 spiro atoms. The second kappa shape index (κ2) is 16.2. The lowest BCUT2D eigenvalue weighted by Crippen LogP contribution is -2.57. The van der Waals surface area contributed by atoms with E-state index in [1.54, 1.807) is 23.0 Å². The van der Waals surface area contributed by atoms with Crippen molar-refractivity contribution in [2.45, 2.75) is 51.9 Å². The molecule has 0 radical (unpaired) electrons. The predicted molar refractivity (Wildman–Crippen MR) is 190 cm³/mol. The number of carbonyl (C=O) groups excluding carboxylic acids is 3. The van der Waals surface area contributed by atoms with Crippen molar-refractivity contribution in [3.8, 4) is 17.1 Å². The Morgan fingerprint density at radius 3 is 2.51 bits per heavy atom. The SMILES string of the molecule is CCCCOC(=O)N1CCN(C(=O)[C@H](CP2(=O)OCc3cccc(C)c3O2)NC(=O)c2cc(N3CC[C@H](OC)C3)nc(-c3ccccc3)n2)CC1. The van der Waals surface area contributed by atoms with Crippen LogP contribution in [0.5, 0.6) is 5.75 Å². The van der Waals surface area contributed by atoms with E-state index in [0.29, 0.717) is 37.1 Å². The van der Waals surface area contributed by atoms with Crippen LogP contribution in [0.3, 0.4) is 0 Å². The van der Waals surface area contributed by atoms with Crippen LogP contribution in [-0.2, 0) is 30.0 Å². The fraction of sp³-hybridized carbons (Fsp3) is 0.472. The number of benzene rings is 2. The second-order valence-electron chi connectivity index (χ2n) is 12.9. The molecule has 51 heavy (non-hydrogen) atoms. The van der Waals surface area contributed by atoms with Gasteiger partial charge in [0.05, 0.1) is 25.5 Å². The summed E-state index contributed by atoms with van der Waals surface area (Å²) in [6.07, 6.45) is 1.68. The molecule has 3 aliphatic rings. The van der Waals surface area contributed by atoms with E-state index in [1.165, 1.54) is 0 Å². The first-order valence-corrected chi connectivity index (χ1v) is 19.1. The van der Waals surface area contributed by atoms with Gasteiger partial charge in [-0.25, -0.2) is 19.3 Å². The fourth-order valence-corrected chi connectivity index (χ4v) is 8.11. The molecule has 3 aromatic rings. The topological polar surface area (TPSA) is 153 Å². The average molecular weight is 721 g/mol. The van der Waals surface area contributed by atoms with Gasteiger partial charge in [-0.2, -0.15) is 0 Å². The van der Waals surface area contributed by atoms with Gasteiger partial charge in [-0.3, -0.25) is 14.1 Å². The van der Waals surface area contributed by atoms with Crippen molar-refractivity contribution in [3.63, 3.8) is 0 Å². The van der Waals surface area contributed by atoms with Gasteiger partial charge < -0.3 is 34.0 Å². The van der Waals surface area contributed by atoms with E-state index in [1.807, 2.05) is 67.3 Å². The number of amides is 3. The molecule has 2 aromatic carbocycles. The third kappa shape index (κ3) is 8.69. The molecule has 0 bridgehead atoms. The predicted octanol–water partition coefficient (Wildman–Crippen LogP) is 4.66. The Hall–Kier alpha value is -4.52. The van der Waals surface area contributed by atoms with Crippen LogP contribution in [0.25, 0.3) is 11.4 Å². The number of rotatable bonds is 11. The third-order valence-electron chi connectivity index (χ3n) is 9.30. The summed E-state index contributed by atoms with van der Waals surface area (Å²) in [4.78, 5) is 55.4. The van der Waals surface area contributed by atoms with Crippen molar-refractivity contribution in [3.05, 3.63) is 71.4 Å². The van der Waals surface area contributed by atoms with E-state index in [9.17, 15) is 18.9 Å². The minimum absolute atomic E-state index is 0.0274. The van der Waals surface area contributed by atoms with Gasteiger partial charge in [-0.1, -0.05) is 61.9 Å². The number of aryl methyl sites for hydroxylation is 1. The molecule has 2 saturated heterocycles. The molecule has 1 aromatic heterocycles. The van der Waals surface area contributed by atoms with E-state index in [2.05, 4.69) is 10.3 Å². The minimum Gasteiger partial charge on any atom is -0.449 e. The number of hydrogen-bond donors (Lipinski definition) is 1. The van der Waals surface area contributed by atoms with Crippen LogP contribution in [-0.4, -0.2) is 109 Å². The van der Waals surface area contributed by atoms with Gasteiger partial charge in [0.25, 0.3) is 5.91 Å². The van der Waals surface area contributed by atoms with Crippen molar-refractivity contribution in [2.24, 2.45) is 0 Å². The van der Waals surface area contributed by atoms with Crippen LogP contribution >= 0.6 is 7.60 Å². The number of piperazine rings is 1. The van der Waals surface area contributed by atoms with Crippen molar-refractivity contribution < 1.29 is 37.5 Å². The summed E-state index contributed by atoms with van der Waals surface area (Å²) in [6, 6.07) is 15.2. The highest BCUT2D eigenvalue weighted by atomic mass is 31.2. The molecule has 0 aliphatic carbocycles. The molecule has 4 heterocycles. The molecule has 15 heteroatoms. The Labute approximate surface area is 297 Å². The molecule has 3 atom stereocenters. The van der Waals surface area contributed by atoms with Crippen LogP contribution in [0.1, 0.15) is 47.8 Å². The maximum Gasteiger partial charge on any atom is 0.409 e. The number of anilines is 1. The van der Waals surface area contributed by atoms with Gasteiger partial charge in [0, 0.05) is 63.6 Å². The van der Waals surface area contributed by atoms with E-state index in [-0.39, 0.29) is 44.6 Å². The molecule has 0 saturated carbocycles. The summed E-state index contributed by atoms with van der Waals surface area (Å²) >= 11 is 0. The monoisotopic (exact) mass is 720 g/mol. The van der Waals surface area contributed by atoms with Gasteiger partial charge in [0.2, 0.25) is 5.91 Å². The van der Waals surface area contributed by atoms with Crippen molar-refractivity contribution in [2.75, 3.05) is 64.0 Å². The van der Waals surface area contributed by atoms with Crippen molar-refractivity contribution in [1.82, 2.24) is 25.1 Å². The van der Waals surface area contributed by atoms with Gasteiger partial charge in [0.1, 0.15) is 23.3 Å². The number of fused-ring (bicyclic) bond motifs is 1. The first-order valence-electron chi connectivity index (χ1n) is 17.4. The number of nitrogens with one attached hydrogen (secondary N) is 1. The number of hydrogen-bond acceptors (Lipinski definition) is 11. The summed E-state index contributed by atoms with van der Waals surface area (Å²) in [5, 5.41) is 2.83. The zero-order valence-corrected chi connectivity index (χ0v) is 30.2. The highest BCUT2D eigenvalue weighted by Gasteiger charge is 2.41. The summed E-state index contributed by atoms with van der Waals surface area (Å²) in [5.74, 6) is 0.239. The zero-order valence-electron chi connectivity index (χ0n) is 29.3. The molecule has 272 valence electrons. The van der Waals surface area contributed by atoms with Crippen LogP contribution in [0.15, 0.2) is 54.6 Å². The van der Waals surface area contributed by atoms with Crippen LogP contribution < -0.4 is 14.7 Å². The highest BCUT2D eigenvalue weighted by molar-refractivity contribution is 7.54. The Morgan fingerprint density at radius 1 is 1.02 bits per heavy atom. The summed E-state index contributed by atoms with van der Waals surface area (Å²) in [5.41, 5.74) is 2.29. The average Bonchev–Trinajstić information content (AvgIpc) is 3.65.